The topological polar surface area (TPSA) is 26.3 Å². The summed E-state index contributed by atoms with van der Waals surface area (Å²) in [5.41, 5.74) is -0.129. The van der Waals surface area contributed by atoms with Gasteiger partial charge >= 0.3 is 6.18 Å². The summed E-state index contributed by atoms with van der Waals surface area (Å²) in [6.45, 7) is -1.37. The minimum Gasteiger partial charge on any atom is -0.321 e. The van der Waals surface area contributed by atoms with Crippen LogP contribution in [0.4, 0.5) is 13.2 Å². The minimum absolute atomic E-state index is 0.129. The van der Waals surface area contributed by atoms with Crippen molar-refractivity contribution < 1.29 is 22.3 Å². The van der Waals surface area contributed by atoms with Gasteiger partial charge in [0.05, 0.1) is 0 Å². The molecule has 1 rings (SSSR count). The van der Waals surface area contributed by atoms with Gasteiger partial charge in [-0.15, -0.1) is 0 Å². The molecular weight excluding hydrogens is 216 g/mol. The van der Waals surface area contributed by atoms with Crippen LogP contribution >= 0.6 is 8.03 Å². The summed E-state index contributed by atoms with van der Waals surface area (Å²) in [7, 11) is -2.49. The van der Waals surface area contributed by atoms with E-state index in [1.165, 1.54) is 0 Å². The number of hydrogen-bond donors (Lipinski definition) is 0. The molecule has 2 nitrogen and oxygen atoms in total. The van der Waals surface area contributed by atoms with E-state index in [2.05, 4.69) is 4.52 Å². The van der Waals surface area contributed by atoms with Gasteiger partial charge in [0, 0.05) is 5.66 Å². The molecule has 6 heteroatoms. The molecule has 0 aromatic carbocycles. The van der Waals surface area contributed by atoms with E-state index in [9.17, 15) is 17.7 Å². The van der Waals surface area contributed by atoms with Gasteiger partial charge in [0.25, 0.3) is 0 Å². The standard InChI is InChI=1S/C8H14F3O2P/c9-8(10,11)6-13-14(12)7-4-2-1-3-5-7/h7,14H,1-6H2. The Balaban J connectivity index is 2.27. The monoisotopic (exact) mass is 230 g/mol. The molecule has 14 heavy (non-hydrogen) atoms. The van der Waals surface area contributed by atoms with E-state index in [0.29, 0.717) is 0 Å². The van der Waals surface area contributed by atoms with Gasteiger partial charge in [-0.25, -0.2) is 0 Å². The van der Waals surface area contributed by atoms with E-state index < -0.39 is 20.8 Å². The lowest BCUT2D eigenvalue weighted by atomic mass is 10.0. The molecule has 0 aliphatic heterocycles. The van der Waals surface area contributed by atoms with Crippen LogP contribution in [0.15, 0.2) is 0 Å². The Labute approximate surface area is 81.7 Å². The Bertz CT molecular complexity index is 199. The summed E-state index contributed by atoms with van der Waals surface area (Å²) in [5.74, 6) is 0. The maximum Gasteiger partial charge on any atom is 0.412 e. The molecule has 0 heterocycles. The van der Waals surface area contributed by atoms with E-state index in [0.717, 1.165) is 32.1 Å². The molecule has 0 aromatic heterocycles. The van der Waals surface area contributed by atoms with E-state index in [1.54, 1.807) is 0 Å². The Kier molecular flexibility index (Phi) is 4.45. The molecule has 0 spiro atoms. The van der Waals surface area contributed by atoms with Crippen molar-refractivity contribution in [3.8, 4) is 0 Å². The van der Waals surface area contributed by atoms with Crippen LogP contribution in [0.25, 0.3) is 0 Å². The van der Waals surface area contributed by atoms with Crippen molar-refractivity contribution in [1.82, 2.24) is 0 Å². The zero-order valence-electron chi connectivity index (χ0n) is 7.77. The predicted molar refractivity (Wildman–Crippen MR) is 47.9 cm³/mol. The lowest BCUT2D eigenvalue weighted by molar-refractivity contribution is -0.152. The molecule has 0 radical (unpaired) electrons. The van der Waals surface area contributed by atoms with Crippen LogP contribution in [-0.4, -0.2) is 18.4 Å². The summed E-state index contributed by atoms with van der Waals surface area (Å²) >= 11 is 0. The van der Waals surface area contributed by atoms with E-state index in [4.69, 9.17) is 0 Å². The van der Waals surface area contributed by atoms with Crippen molar-refractivity contribution >= 4 is 8.03 Å². The molecule has 1 saturated carbocycles. The average Bonchev–Trinajstić information content (AvgIpc) is 2.14. The van der Waals surface area contributed by atoms with Gasteiger partial charge < -0.3 is 4.52 Å². The molecule has 0 N–H and O–H groups in total. The molecular formula is C8H14F3O2P. The van der Waals surface area contributed by atoms with Gasteiger partial charge in [-0.3, -0.25) is 4.57 Å². The third-order valence-corrected chi connectivity index (χ3v) is 3.99. The Hall–Kier alpha value is -0.0200. The summed E-state index contributed by atoms with van der Waals surface area (Å²) < 4.78 is 50.9. The second-order valence-electron chi connectivity index (χ2n) is 3.56. The number of hydrogen-bond acceptors (Lipinski definition) is 2. The average molecular weight is 230 g/mol. The van der Waals surface area contributed by atoms with E-state index in [-0.39, 0.29) is 5.66 Å². The molecule has 0 saturated heterocycles. The molecule has 1 unspecified atom stereocenters. The van der Waals surface area contributed by atoms with Crippen LogP contribution in [-0.2, 0) is 9.09 Å². The fourth-order valence-corrected chi connectivity index (χ4v) is 3.03. The van der Waals surface area contributed by atoms with Gasteiger partial charge in [-0.2, -0.15) is 13.2 Å². The third-order valence-electron chi connectivity index (χ3n) is 2.32. The fraction of sp³-hybridized carbons (Fsp3) is 1.00. The zero-order valence-corrected chi connectivity index (χ0v) is 8.77. The van der Waals surface area contributed by atoms with Crippen LogP contribution in [0.1, 0.15) is 32.1 Å². The fourth-order valence-electron chi connectivity index (χ4n) is 1.61. The molecule has 1 fully saturated rings. The molecule has 84 valence electrons. The van der Waals surface area contributed by atoms with E-state index >= 15 is 0 Å². The SMILES string of the molecule is O=[PH](OCC(F)(F)F)C1CCCCC1. The van der Waals surface area contributed by atoms with Gasteiger partial charge in [0.15, 0.2) is 8.03 Å². The minimum atomic E-state index is -4.37. The largest absolute Gasteiger partial charge is 0.412 e. The first-order valence-electron chi connectivity index (χ1n) is 4.72. The van der Waals surface area contributed by atoms with Gasteiger partial charge in [-0.1, -0.05) is 19.3 Å². The van der Waals surface area contributed by atoms with Gasteiger partial charge in [0.2, 0.25) is 0 Å². The summed E-state index contributed by atoms with van der Waals surface area (Å²) in [6.07, 6.45) is 0.123. The first-order chi connectivity index (χ1) is 6.49. The van der Waals surface area contributed by atoms with E-state index in [1.807, 2.05) is 0 Å². The second kappa shape index (κ2) is 5.17. The smallest absolute Gasteiger partial charge is 0.321 e. The molecule has 0 bridgehead atoms. The quantitative estimate of drug-likeness (QED) is 0.695. The molecule has 1 aliphatic rings. The van der Waals surface area contributed by atoms with Crippen LogP contribution < -0.4 is 0 Å². The highest BCUT2D eigenvalue weighted by Gasteiger charge is 2.30. The highest BCUT2D eigenvalue weighted by molar-refractivity contribution is 7.40. The first kappa shape index (κ1) is 12.1. The number of rotatable bonds is 3. The Morgan fingerprint density at radius 2 is 1.79 bits per heavy atom. The highest BCUT2D eigenvalue weighted by atomic mass is 31.1. The summed E-state index contributed by atoms with van der Waals surface area (Å²) in [6, 6.07) is 0. The summed E-state index contributed by atoms with van der Waals surface area (Å²) in [5, 5.41) is 0. The maximum absolute atomic E-state index is 11.7. The lowest BCUT2D eigenvalue weighted by Crippen LogP contribution is -2.17. The highest BCUT2D eigenvalue weighted by Crippen LogP contribution is 2.40. The van der Waals surface area contributed by atoms with Crippen molar-refractivity contribution in [2.75, 3.05) is 6.61 Å². The first-order valence-corrected chi connectivity index (χ1v) is 6.12. The van der Waals surface area contributed by atoms with Crippen LogP contribution in [0.2, 0.25) is 0 Å². The zero-order chi connectivity index (χ0) is 10.6. The number of halogens is 3. The normalized spacial score (nSPS) is 22.2. The predicted octanol–water partition coefficient (Wildman–Crippen LogP) is 3.37. The summed E-state index contributed by atoms with van der Waals surface area (Å²) in [4.78, 5) is 0. The van der Waals surface area contributed by atoms with Crippen LogP contribution in [0.3, 0.4) is 0 Å². The van der Waals surface area contributed by atoms with Crippen LogP contribution in [0.5, 0.6) is 0 Å². The molecule has 0 amide bonds. The van der Waals surface area contributed by atoms with Crippen molar-refractivity contribution in [2.45, 2.75) is 43.9 Å². The maximum atomic E-state index is 11.7. The Morgan fingerprint density at radius 1 is 1.21 bits per heavy atom. The van der Waals surface area contributed by atoms with Crippen LogP contribution in [0, 0.1) is 0 Å². The van der Waals surface area contributed by atoms with Crippen molar-refractivity contribution in [3.05, 3.63) is 0 Å². The number of alkyl halides is 3. The second-order valence-corrected chi connectivity index (χ2v) is 5.30. The van der Waals surface area contributed by atoms with Crippen molar-refractivity contribution in [3.63, 3.8) is 0 Å². The molecule has 0 aromatic rings. The molecule has 1 aliphatic carbocycles. The van der Waals surface area contributed by atoms with Gasteiger partial charge in [0.1, 0.15) is 6.61 Å². The Morgan fingerprint density at radius 3 is 2.29 bits per heavy atom. The lowest BCUT2D eigenvalue weighted by Gasteiger charge is -2.21. The van der Waals surface area contributed by atoms with Gasteiger partial charge in [-0.05, 0) is 12.8 Å². The van der Waals surface area contributed by atoms with Crippen molar-refractivity contribution in [1.29, 1.82) is 0 Å². The van der Waals surface area contributed by atoms with Crippen molar-refractivity contribution in [2.24, 2.45) is 0 Å². The third kappa shape index (κ3) is 4.47. The molecule has 1 atom stereocenters.